The normalized spacial score (nSPS) is 48.2. The minimum absolute atomic E-state index is 0.785. The number of hydrogen-bond donors (Lipinski definition) is 28. The van der Waals surface area contributed by atoms with Crippen molar-refractivity contribution < 1.29 is 222 Å². The van der Waals surface area contributed by atoms with Crippen molar-refractivity contribution in [3.8, 4) is 0 Å². The lowest BCUT2D eigenvalue weighted by atomic mass is 9.93. The van der Waals surface area contributed by atoms with Gasteiger partial charge >= 0.3 is 0 Å². The third-order valence-electron chi connectivity index (χ3n) is 20.7. The van der Waals surface area contributed by atoms with Crippen LogP contribution in [0.1, 0.15) is 41.5 Å². The van der Waals surface area contributed by atoms with Gasteiger partial charge in [-0.1, -0.05) is 0 Å². The van der Waals surface area contributed by atoms with Gasteiger partial charge in [-0.25, -0.2) is 0 Å². The SMILES string of the molecule is CC(=O)N[C@@H]1[C@@H](O)[C@H](O[C@@H]2O[C@H](CO)[C@@H](O[C@@H]3O[C@H](CO[C@H]4O[C@H](CO)[C@@H](O)[C@H](O)[C@@H]4O[C@@H]4O[C@H](CO)[C@@H](O[C@@H]5O[C@H](CO)[C@H](O)[C@H](O)[C@H]5NC(C)=O)[C@H](O[C@@H]5O[C@@H](C)[C@@H](O)[C@@H](O)[C@@H]5O)[C@H]4NC(C)=O)[C@@H](O)[C@H](O[C@H]4O[C@H](CO)[C@@H](O)[C@H](O)[C@@H]4O[C@@H]4O[C@H](CO)[C@@H](O)[C@H](O)[C@H]4NC(C)=O)[C@@H]3O)[C@H](O)[C@H]2NC(C)=O)[C@@H](CO)O[C@H]1O. The summed E-state index contributed by atoms with van der Waals surface area (Å²) in [5.74, 6) is -4.43. The molecule has 0 aromatic carbocycles. The van der Waals surface area contributed by atoms with Gasteiger partial charge < -0.3 is 225 Å². The van der Waals surface area contributed by atoms with Crippen molar-refractivity contribution in [2.45, 2.75) is 318 Å². The Morgan fingerprint density at radius 3 is 1.01 bits per heavy atom. The van der Waals surface area contributed by atoms with E-state index in [9.17, 15) is 141 Å². The van der Waals surface area contributed by atoms with E-state index < -0.39 is 358 Å². The Morgan fingerprint density at radius 2 is 0.553 bits per heavy atom. The molecule has 9 heterocycles. The molecule has 50 heteroatoms. The minimum atomic E-state index is -2.55. The summed E-state index contributed by atoms with van der Waals surface area (Å²) in [7, 11) is 0. The summed E-state index contributed by atoms with van der Waals surface area (Å²) in [4.78, 5) is 63.8. The second-order valence-electron chi connectivity index (χ2n) is 28.9. The van der Waals surface area contributed by atoms with Crippen LogP contribution in [0.5, 0.6) is 0 Å². The molecular weight excluding hydrogens is 1560 g/mol. The first-order chi connectivity index (χ1) is 53.9. The Balaban J connectivity index is 1.09. The van der Waals surface area contributed by atoms with Gasteiger partial charge in [0.15, 0.2) is 56.6 Å². The Morgan fingerprint density at radius 1 is 0.246 bits per heavy atom. The highest BCUT2D eigenvalue weighted by Gasteiger charge is 2.61. The number of aliphatic hydroxyl groups excluding tert-OH is 23. The Bertz CT molecular complexity index is 3080. The number of hydrogen-bond acceptors (Lipinski definition) is 45. The quantitative estimate of drug-likeness (QED) is 0.0331. The molecule has 0 radical (unpaired) electrons. The van der Waals surface area contributed by atoms with Gasteiger partial charge in [0, 0.05) is 34.6 Å². The van der Waals surface area contributed by atoms with Crippen molar-refractivity contribution in [3.63, 3.8) is 0 Å². The van der Waals surface area contributed by atoms with E-state index in [4.69, 9.17) is 80.5 Å². The first kappa shape index (κ1) is 93.6. The Labute approximate surface area is 646 Å². The van der Waals surface area contributed by atoms with Crippen LogP contribution in [0, 0.1) is 0 Å². The molecule has 9 aliphatic rings. The van der Waals surface area contributed by atoms with Gasteiger partial charge in [-0.3, -0.25) is 24.0 Å². The monoisotopic (exact) mass is 1670 g/mol. The van der Waals surface area contributed by atoms with Crippen LogP contribution < -0.4 is 26.6 Å². The van der Waals surface area contributed by atoms with Crippen molar-refractivity contribution in [2.24, 2.45) is 0 Å². The van der Waals surface area contributed by atoms with Gasteiger partial charge in [0.1, 0.15) is 213 Å². The molecule has 0 spiro atoms. The summed E-state index contributed by atoms with van der Waals surface area (Å²) < 4.78 is 103. The number of rotatable bonds is 29. The fourth-order valence-corrected chi connectivity index (χ4v) is 14.8. The van der Waals surface area contributed by atoms with Crippen LogP contribution >= 0.6 is 0 Å². The standard InChI is InChI=1S/C64H107N5O45/c1-15-34(82)44(92)47(95)61(99-15)111-52-33(69-20(6)81)60(106-27(13-76)51(52)110-57-30(66-17(3)78)40(88)35(83)21(7-70)101-57)113-54-45(93)37(85)23(9-72)103-63(54)98-14-28-39(87)53(112-64-55(46(94)38(86)24(10-73)104-64)114-58-31(67-18(4)79)41(89)36(84)22(8-71)102-58)48(96)62(107-28)109-50-26(12-75)105-59(32(43(50)91)68-19(5)80)108-49-25(11-74)100-56(97)29(42(49)90)65-16(2)77/h15,21-64,70-76,82-97H,7-14H2,1-6H3,(H,65,77)(H,66,78)(H,67,79)(H,68,80)(H,69,81)/t15-,21+,22+,23+,24+,25+,26+,27+,28+,29+,30+,31+,32+,33+,34+,35-,36+,37+,38+,39+,40+,41+,42+,43+,44+,45-,46-,47-,48-,49+,50+,51+,52+,53-,54-,55-,56+,57-,58-,59-,60-,61-,62-,63-,64+/m0/s1. The molecule has 9 rings (SSSR count). The summed E-state index contributed by atoms with van der Waals surface area (Å²) in [6.07, 6.45) is -82.6. The zero-order valence-electron chi connectivity index (χ0n) is 61.9. The van der Waals surface area contributed by atoms with Crippen LogP contribution in [0.3, 0.4) is 0 Å². The van der Waals surface area contributed by atoms with Crippen LogP contribution in [-0.4, -0.2) is 476 Å². The second kappa shape index (κ2) is 40.9. The molecule has 5 amide bonds. The maximum Gasteiger partial charge on any atom is 0.217 e. The van der Waals surface area contributed by atoms with Crippen LogP contribution in [-0.2, 0) is 104 Å². The average molecular weight is 1670 g/mol. The fraction of sp³-hybridized carbons (Fsp3) is 0.922. The van der Waals surface area contributed by atoms with Crippen LogP contribution in [0.2, 0.25) is 0 Å². The summed E-state index contributed by atoms with van der Waals surface area (Å²) in [5, 5.41) is 270. The van der Waals surface area contributed by atoms with E-state index in [0.29, 0.717) is 0 Å². The van der Waals surface area contributed by atoms with Gasteiger partial charge in [-0.2, -0.15) is 0 Å². The molecular formula is C64H107N5O45. The number of aliphatic hydroxyl groups is 23. The maximum absolute atomic E-state index is 13.5. The lowest BCUT2D eigenvalue weighted by Crippen LogP contribution is -2.72. The fourth-order valence-electron chi connectivity index (χ4n) is 14.8. The summed E-state index contributed by atoms with van der Waals surface area (Å²) in [6.45, 7) is -2.78. The second-order valence-corrected chi connectivity index (χ2v) is 28.9. The summed E-state index contributed by atoms with van der Waals surface area (Å²) >= 11 is 0. The molecule has 0 unspecified atom stereocenters. The molecule has 114 heavy (non-hydrogen) atoms. The van der Waals surface area contributed by atoms with E-state index in [2.05, 4.69) is 26.6 Å². The molecule has 0 aromatic rings. The highest BCUT2D eigenvalue weighted by atomic mass is 16.8. The third kappa shape index (κ3) is 20.8. The largest absolute Gasteiger partial charge is 0.394 e. The number of amides is 5. The highest BCUT2D eigenvalue weighted by Crippen LogP contribution is 2.40. The van der Waals surface area contributed by atoms with Crippen molar-refractivity contribution in [1.29, 1.82) is 0 Å². The molecule has 0 aromatic heterocycles. The highest BCUT2D eigenvalue weighted by molar-refractivity contribution is 5.75. The molecule has 9 aliphatic heterocycles. The van der Waals surface area contributed by atoms with E-state index in [0.717, 1.165) is 34.6 Å². The van der Waals surface area contributed by atoms with Crippen molar-refractivity contribution in [1.82, 2.24) is 26.6 Å². The first-order valence-corrected chi connectivity index (χ1v) is 36.5. The number of nitrogens with one attached hydrogen (secondary N) is 5. The first-order valence-electron chi connectivity index (χ1n) is 36.5. The zero-order valence-corrected chi connectivity index (χ0v) is 61.9. The minimum Gasteiger partial charge on any atom is -0.394 e. The lowest BCUT2D eigenvalue weighted by Gasteiger charge is -2.52. The van der Waals surface area contributed by atoms with Gasteiger partial charge in [-0.05, 0) is 6.92 Å². The Kier molecular flexibility index (Phi) is 33.6. The van der Waals surface area contributed by atoms with Gasteiger partial charge in [0.25, 0.3) is 0 Å². The number of ether oxygens (including phenoxy) is 17. The van der Waals surface area contributed by atoms with Crippen molar-refractivity contribution in [2.75, 3.05) is 52.9 Å². The van der Waals surface area contributed by atoms with Gasteiger partial charge in [-0.15, -0.1) is 0 Å². The predicted molar refractivity (Wildman–Crippen MR) is 354 cm³/mol. The zero-order chi connectivity index (χ0) is 84.1. The van der Waals surface area contributed by atoms with Gasteiger partial charge in [0.05, 0.1) is 59.0 Å². The third-order valence-corrected chi connectivity index (χ3v) is 20.7. The van der Waals surface area contributed by atoms with Crippen molar-refractivity contribution >= 4 is 29.5 Å². The van der Waals surface area contributed by atoms with Crippen molar-refractivity contribution in [3.05, 3.63) is 0 Å². The molecule has 0 saturated carbocycles. The van der Waals surface area contributed by atoms with Crippen LogP contribution in [0.4, 0.5) is 0 Å². The molecule has 45 atom stereocenters. The molecule has 50 nitrogen and oxygen atoms in total. The number of carbonyl (C=O) groups is 5. The molecule has 0 bridgehead atoms. The van der Waals surface area contributed by atoms with E-state index in [1.54, 1.807) is 0 Å². The topological polar surface area (TPSA) is 768 Å². The van der Waals surface area contributed by atoms with Crippen LogP contribution in [0.25, 0.3) is 0 Å². The average Bonchev–Trinajstić information content (AvgIpc) is 0.764. The van der Waals surface area contributed by atoms with E-state index in [-0.39, 0.29) is 0 Å². The molecule has 0 aliphatic carbocycles. The Hall–Kier alpha value is -4.25. The van der Waals surface area contributed by atoms with E-state index in [1.807, 2.05) is 0 Å². The van der Waals surface area contributed by atoms with E-state index >= 15 is 0 Å². The molecule has 9 saturated heterocycles. The van der Waals surface area contributed by atoms with Crippen LogP contribution in [0.15, 0.2) is 0 Å². The summed E-state index contributed by atoms with van der Waals surface area (Å²) in [5.41, 5.74) is 0. The molecule has 28 N–H and O–H groups in total. The van der Waals surface area contributed by atoms with Gasteiger partial charge in [0.2, 0.25) is 29.5 Å². The molecule has 9 fully saturated rings. The molecule has 658 valence electrons. The predicted octanol–water partition coefficient (Wildman–Crippen LogP) is -18.9. The smallest absolute Gasteiger partial charge is 0.217 e. The number of carbonyl (C=O) groups excluding carboxylic acids is 5. The lowest BCUT2D eigenvalue weighted by molar-refractivity contribution is -0.398. The summed E-state index contributed by atoms with van der Waals surface area (Å²) in [6, 6.07) is -9.10. The maximum atomic E-state index is 13.5. The van der Waals surface area contributed by atoms with E-state index in [1.165, 1.54) is 6.92 Å².